The zero-order chi connectivity index (χ0) is 13.8. The molecule has 19 heavy (non-hydrogen) atoms. The average molecular weight is 319 g/mol. The van der Waals surface area contributed by atoms with E-state index >= 15 is 0 Å². The number of amides is 1. The van der Waals surface area contributed by atoms with Crippen LogP contribution in [-0.4, -0.2) is 5.91 Å². The number of nitrogens with zero attached hydrogens (tertiary/aromatic N) is 1. The zero-order valence-corrected chi connectivity index (χ0v) is 11.2. The number of hydrogen-bond acceptors (Lipinski definition) is 2. The Morgan fingerprint density at radius 1 is 1.26 bits per heavy atom. The maximum Gasteiger partial charge on any atom is 0.259 e. The van der Waals surface area contributed by atoms with Crippen LogP contribution < -0.4 is 5.32 Å². The van der Waals surface area contributed by atoms with E-state index in [9.17, 15) is 9.18 Å². The fourth-order valence-corrected chi connectivity index (χ4v) is 2.10. The van der Waals surface area contributed by atoms with Crippen molar-refractivity contribution in [3.8, 4) is 6.07 Å². The third-order valence-electron chi connectivity index (χ3n) is 2.44. The highest BCUT2D eigenvalue weighted by Gasteiger charge is 2.15. The molecule has 0 aliphatic heterocycles. The Kier molecular flexibility index (Phi) is 3.93. The monoisotopic (exact) mass is 318 g/mol. The molecule has 0 saturated carbocycles. The molecule has 0 radical (unpaired) electrons. The highest BCUT2D eigenvalue weighted by Crippen LogP contribution is 2.21. The fraction of sp³-hybridized carbons (Fsp3) is 0. The maximum absolute atomic E-state index is 13.6. The standard InChI is InChI=1S/C14H8BrFN2O/c15-11-5-2-6-12(16)13(11)14(19)18-10-4-1-3-9(7-10)8-17/h1-7H,(H,18,19). The normalized spacial score (nSPS) is 9.74. The van der Waals surface area contributed by atoms with Crippen molar-refractivity contribution in [2.75, 3.05) is 5.32 Å². The van der Waals surface area contributed by atoms with Gasteiger partial charge in [-0.05, 0) is 46.3 Å². The van der Waals surface area contributed by atoms with Crippen LogP contribution in [0.4, 0.5) is 10.1 Å². The first-order valence-electron chi connectivity index (χ1n) is 5.37. The molecule has 1 amide bonds. The van der Waals surface area contributed by atoms with Crippen LogP contribution in [0.2, 0.25) is 0 Å². The van der Waals surface area contributed by atoms with E-state index in [1.54, 1.807) is 24.3 Å². The van der Waals surface area contributed by atoms with Gasteiger partial charge in [0, 0.05) is 10.2 Å². The lowest BCUT2D eigenvalue weighted by atomic mass is 10.1. The van der Waals surface area contributed by atoms with Gasteiger partial charge in [-0.25, -0.2) is 4.39 Å². The molecule has 3 nitrogen and oxygen atoms in total. The Hall–Kier alpha value is -2.19. The number of anilines is 1. The maximum atomic E-state index is 13.6. The van der Waals surface area contributed by atoms with Gasteiger partial charge in [-0.15, -0.1) is 0 Å². The van der Waals surface area contributed by atoms with E-state index < -0.39 is 11.7 Å². The largest absolute Gasteiger partial charge is 0.322 e. The Balaban J connectivity index is 2.29. The predicted octanol–water partition coefficient (Wildman–Crippen LogP) is 3.71. The van der Waals surface area contributed by atoms with Crippen molar-refractivity contribution in [2.24, 2.45) is 0 Å². The highest BCUT2D eigenvalue weighted by atomic mass is 79.9. The van der Waals surface area contributed by atoms with Gasteiger partial charge in [-0.1, -0.05) is 12.1 Å². The first-order valence-corrected chi connectivity index (χ1v) is 6.16. The second-order valence-corrected chi connectivity index (χ2v) is 4.60. The average Bonchev–Trinajstić information content (AvgIpc) is 2.38. The molecule has 0 bridgehead atoms. The van der Waals surface area contributed by atoms with E-state index in [0.717, 1.165) is 0 Å². The zero-order valence-electron chi connectivity index (χ0n) is 9.65. The number of nitrogens with one attached hydrogen (secondary N) is 1. The molecule has 0 aromatic heterocycles. The second-order valence-electron chi connectivity index (χ2n) is 3.74. The minimum absolute atomic E-state index is 0.0649. The van der Waals surface area contributed by atoms with E-state index in [1.165, 1.54) is 18.2 Å². The molecule has 2 aromatic carbocycles. The molecule has 0 spiro atoms. The SMILES string of the molecule is N#Cc1cccc(NC(=O)c2c(F)cccc2Br)c1. The molecular formula is C14H8BrFN2O. The van der Waals surface area contributed by atoms with Crippen LogP contribution >= 0.6 is 15.9 Å². The molecule has 1 N–H and O–H groups in total. The predicted molar refractivity (Wildman–Crippen MR) is 73.2 cm³/mol. The van der Waals surface area contributed by atoms with Gasteiger partial charge in [-0.2, -0.15) is 5.26 Å². The van der Waals surface area contributed by atoms with Crippen molar-refractivity contribution in [2.45, 2.75) is 0 Å². The molecule has 0 aliphatic carbocycles. The number of nitriles is 1. The molecule has 0 aliphatic rings. The Labute approximate surface area is 117 Å². The second kappa shape index (κ2) is 5.63. The lowest BCUT2D eigenvalue weighted by Crippen LogP contribution is -2.14. The van der Waals surface area contributed by atoms with Gasteiger partial charge in [0.15, 0.2) is 0 Å². The fourth-order valence-electron chi connectivity index (χ4n) is 1.57. The molecule has 2 aromatic rings. The van der Waals surface area contributed by atoms with Crippen LogP contribution in [0.3, 0.4) is 0 Å². The van der Waals surface area contributed by atoms with Crippen LogP contribution in [0.1, 0.15) is 15.9 Å². The van der Waals surface area contributed by atoms with Crippen molar-refractivity contribution in [3.05, 3.63) is 63.9 Å². The summed E-state index contributed by atoms with van der Waals surface area (Å²) in [5.74, 6) is -1.18. The van der Waals surface area contributed by atoms with Gasteiger partial charge in [0.2, 0.25) is 0 Å². The van der Waals surface area contributed by atoms with Crippen molar-refractivity contribution < 1.29 is 9.18 Å². The van der Waals surface area contributed by atoms with Crippen LogP contribution in [0.15, 0.2) is 46.9 Å². The van der Waals surface area contributed by atoms with E-state index in [0.29, 0.717) is 15.7 Å². The Bertz CT molecular complexity index is 659. The summed E-state index contributed by atoms with van der Waals surface area (Å²) in [6, 6.07) is 12.7. The topological polar surface area (TPSA) is 52.9 Å². The van der Waals surface area contributed by atoms with Crippen molar-refractivity contribution in [3.63, 3.8) is 0 Å². The van der Waals surface area contributed by atoms with Gasteiger partial charge in [0.25, 0.3) is 5.91 Å². The van der Waals surface area contributed by atoms with Gasteiger partial charge in [0.05, 0.1) is 17.2 Å². The first kappa shape index (κ1) is 13.2. The molecule has 2 rings (SSSR count). The lowest BCUT2D eigenvalue weighted by Gasteiger charge is -2.08. The van der Waals surface area contributed by atoms with Crippen molar-refractivity contribution in [1.82, 2.24) is 0 Å². The molecule has 0 heterocycles. The number of rotatable bonds is 2. The molecule has 0 saturated heterocycles. The molecule has 0 fully saturated rings. The number of halogens is 2. The van der Waals surface area contributed by atoms with Crippen LogP contribution in [-0.2, 0) is 0 Å². The number of carbonyl (C=O) groups excluding carboxylic acids is 1. The van der Waals surface area contributed by atoms with Gasteiger partial charge >= 0.3 is 0 Å². The minimum Gasteiger partial charge on any atom is -0.322 e. The van der Waals surface area contributed by atoms with Crippen LogP contribution in [0.25, 0.3) is 0 Å². The summed E-state index contributed by atoms with van der Waals surface area (Å²) in [7, 11) is 0. The number of hydrogen-bond donors (Lipinski definition) is 1. The van der Waals surface area contributed by atoms with E-state index in [1.807, 2.05) is 6.07 Å². The molecule has 94 valence electrons. The first-order chi connectivity index (χ1) is 9.11. The minimum atomic E-state index is -0.608. The van der Waals surface area contributed by atoms with Crippen LogP contribution in [0.5, 0.6) is 0 Å². The molecule has 0 unspecified atom stereocenters. The quantitative estimate of drug-likeness (QED) is 0.917. The van der Waals surface area contributed by atoms with Crippen molar-refractivity contribution in [1.29, 1.82) is 5.26 Å². The molecule has 5 heteroatoms. The third-order valence-corrected chi connectivity index (χ3v) is 3.10. The summed E-state index contributed by atoms with van der Waals surface area (Å²) in [5.41, 5.74) is 0.800. The smallest absolute Gasteiger partial charge is 0.259 e. The van der Waals surface area contributed by atoms with Crippen LogP contribution in [0, 0.1) is 17.1 Å². The lowest BCUT2D eigenvalue weighted by molar-refractivity contribution is 0.102. The van der Waals surface area contributed by atoms with E-state index in [2.05, 4.69) is 21.2 Å². The third kappa shape index (κ3) is 2.98. The van der Waals surface area contributed by atoms with E-state index in [4.69, 9.17) is 5.26 Å². The summed E-state index contributed by atoms with van der Waals surface area (Å²) in [5, 5.41) is 11.3. The van der Waals surface area contributed by atoms with Gasteiger partial charge in [-0.3, -0.25) is 4.79 Å². The van der Waals surface area contributed by atoms with Gasteiger partial charge < -0.3 is 5.32 Å². The Morgan fingerprint density at radius 2 is 2.00 bits per heavy atom. The molecule has 0 atom stereocenters. The van der Waals surface area contributed by atoms with E-state index in [-0.39, 0.29) is 5.56 Å². The summed E-state index contributed by atoms with van der Waals surface area (Å²) >= 11 is 3.14. The summed E-state index contributed by atoms with van der Waals surface area (Å²) in [6.45, 7) is 0. The van der Waals surface area contributed by atoms with Gasteiger partial charge in [0.1, 0.15) is 5.82 Å². The number of carbonyl (C=O) groups is 1. The summed E-state index contributed by atoms with van der Waals surface area (Å²) < 4.78 is 14.0. The summed E-state index contributed by atoms with van der Waals surface area (Å²) in [4.78, 5) is 12.0. The molecular weight excluding hydrogens is 311 g/mol. The van der Waals surface area contributed by atoms with Crippen molar-refractivity contribution >= 4 is 27.5 Å². The highest BCUT2D eigenvalue weighted by molar-refractivity contribution is 9.10. The summed E-state index contributed by atoms with van der Waals surface area (Å²) in [6.07, 6.45) is 0. The number of benzene rings is 2. The Morgan fingerprint density at radius 3 is 2.68 bits per heavy atom.